The first kappa shape index (κ1) is 16.0. The van der Waals surface area contributed by atoms with E-state index in [4.69, 9.17) is 4.84 Å². The number of fused-ring (bicyclic) bond motifs is 1. The van der Waals surface area contributed by atoms with Crippen LogP contribution in [0.5, 0.6) is 5.75 Å². The number of Topliss-reactive ketones (excluding diaryl/α,β-unsaturated/α-hetero) is 1. The fourth-order valence-electron chi connectivity index (χ4n) is 2.39. The van der Waals surface area contributed by atoms with Gasteiger partial charge in [0.2, 0.25) is 0 Å². The third-order valence-corrected chi connectivity index (χ3v) is 3.87. The van der Waals surface area contributed by atoms with Crippen molar-refractivity contribution in [3.05, 3.63) is 40.2 Å². The van der Waals surface area contributed by atoms with Gasteiger partial charge in [0.25, 0.3) is 11.5 Å². The average Bonchev–Trinajstić information content (AvgIpc) is 3.37. The van der Waals surface area contributed by atoms with Gasteiger partial charge in [0.1, 0.15) is 23.7 Å². The summed E-state index contributed by atoms with van der Waals surface area (Å²) < 4.78 is 1.05. The van der Waals surface area contributed by atoms with E-state index >= 15 is 0 Å². The third kappa shape index (κ3) is 3.10. The molecule has 2 aromatic rings. The van der Waals surface area contributed by atoms with Crippen LogP contribution in [0.3, 0.4) is 0 Å². The lowest BCUT2D eigenvalue weighted by atomic mass is 10.1. The number of nitrogens with zero attached hydrogens (tertiary/aromatic N) is 1. The van der Waals surface area contributed by atoms with Gasteiger partial charge in [0, 0.05) is 5.39 Å². The fourth-order valence-corrected chi connectivity index (χ4v) is 2.39. The molecule has 0 saturated heterocycles. The number of hydrogen-bond donors (Lipinski definition) is 2. The average molecular weight is 330 g/mol. The Hall–Kier alpha value is -2.83. The van der Waals surface area contributed by atoms with Crippen molar-refractivity contribution < 1.29 is 19.5 Å². The number of rotatable bonds is 6. The van der Waals surface area contributed by atoms with Crippen molar-refractivity contribution >= 4 is 22.6 Å². The van der Waals surface area contributed by atoms with Crippen LogP contribution < -0.4 is 15.7 Å². The minimum atomic E-state index is -0.803. The van der Waals surface area contributed by atoms with Gasteiger partial charge in [-0.1, -0.05) is 12.1 Å². The molecule has 126 valence electrons. The molecule has 0 atom stereocenters. The Kier molecular flexibility index (Phi) is 4.24. The first-order chi connectivity index (χ1) is 11.5. The van der Waals surface area contributed by atoms with E-state index in [1.807, 2.05) is 0 Å². The maximum Gasteiger partial charge on any atom is 0.300 e. The number of amides is 1. The van der Waals surface area contributed by atoms with E-state index in [1.54, 1.807) is 24.3 Å². The van der Waals surface area contributed by atoms with E-state index in [1.165, 1.54) is 6.92 Å². The Bertz CT molecular complexity index is 867. The molecule has 0 unspecified atom stereocenters. The summed E-state index contributed by atoms with van der Waals surface area (Å²) in [5.41, 5.74) is -0.776. The molecule has 1 aliphatic rings. The molecule has 0 bridgehead atoms. The minimum absolute atomic E-state index is 0.215. The van der Waals surface area contributed by atoms with Gasteiger partial charge >= 0.3 is 0 Å². The van der Waals surface area contributed by atoms with Crippen molar-refractivity contribution in [1.29, 1.82) is 0 Å². The molecule has 1 amide bonds. The number of carbonyl (C=O) groups is 2. The van der Waals surface area contributed by atoms with E-state index in [0.29, 0.717) is 23.4 Å². The fraction of sp³-hybridized carbons (Fsp3) is 0.353. The van der Waals surface area contributed by atoms with Crippen LogP contribution in [-0.4, -0.2) is 34.7 Å². The highest BCUT2D eigenvalue weighted by Gasteiger charge is 2.26. The SMILES string of the molecule is CC(=O)CNC(=O)c1c(O)c2ccccc2n(OCC2CC2)c1=O. The van der Waals surface area contributed by atoms with E-state index in [0.717, 1.165) is 17.6 Å². The molecule has 1 heterocycles. The second-order valence-electron chi connectivity index (χ2n) is 5.96. The molecule has 2 N–H and O–H groups in total. The van der Waals surface area contributed by atoms with E-state index in [-0.39, 0.29) is 12.3 Å². The van der Waals surface area contributed by atoms with Crippen LogP contribution in [-0.2, 0) is 4.79 Å². The zero-order valence-corrected chi connectivity index (χ0v) is 13.2. The smallest absolute Gasteiger partial charge is 0.300 e. The van der Waals surface area contributed by atoms with Crippen molar-refractivity contribution in [2.24, 2.45) is 5.92 Å². The Balaban J connectivity index is 2.08. The maximum absolute atomic E-state index is 12.7. The van der Waals surface area contributed by atoms with Gasteiger partial charge in [-0.05, 0) is 37.8 Å². The molecule has 1 aromatic carbocycles. The normalized spacial score (nSPS) is 13.7. The van der Waals surface area contributed by atoms with Gasteiger partial charge in [-0.3, -0.25) is 14.4 Å². The van der Waals surface area contributed by atoms with Crippen molar-refractivity contribution in [3.63, 3.8) is 0 Å². The zero-order valence-electron chi connectivity index (χ0n) is 13.2. The molecular formula is C17H18N2O5. The van der Waals surface area contributed by atoms with Crippen molar-refractivity contribution in [1.82, 2.24) is 10.0 Å². The number of aromatic nitrogens is 1. The molecule has 0 radical (unpaired) electrons. The van der Waals surface area contributed by atoms with Crippen LogP contribution in [0.25, 0.3) is 10.9 Å². The number of carbonyl (C=O) groups excluding carboxylic acids is 2. The van der Waals surface area contributed by atoms with Crippen LogP contribution in [0.4, 0.5) is 0 Å². The second kappa shape index (κ2) is 6.35. The van der Waals surface area contributed by atoms with E-state index in [2.05, 4.69) is 5.32 Å². The number of pyridine rings is 1. The monoisotopic (exact) mass is 330 g/mol. The molecule has 1 saturated carbocycles. The highest BCUT2D eigenvalue weighted by Crippen LogP contribution is 2.29. The lowest BCUT2D eigenvalue weighted by Gasteiger charge is -2.15. The van der Waals surface area contributed by atoms with Crippen molar-refractivity contribution in [2.45, 2.75) is 19.8 Å². The second-order valence-corrected chi connectivity index (χ2v) is 5.96. The maximum atomic E-state index is 12.7. The largest absolute Gasteiger partial charge is 0.506 e. The molecule has 1 aromatic heterocycles. The van der Waals surface area contributed by atoms with Gasteiger partial charge in [-0.15, -0.1) is 4.73 Å². The molecule has 0 aliphatic heterocycles. The van der Waals surface area contributed by atoms with Crippen LogP contribution in [0, 0.1) is 5.92 Å². The topological polar surface area (TPSA) is 97.6 Å². The van der Waals surface area contributed by atoms with Gasteiger partial charge in [0.15, 0.2) is 0 Å². The van der Waals surface area contributed by atoms with Crippen LogP contribution >= 0.6 is 0 Å². The summed E-state index contributed by atoms with van der Waals surface area (Å²) in [4.78, 5) is 41.5. The summed E-state index contributed by atoms with van der Waals surface area (Å²) in [7, 11) is 0. The van der Waals surface area contributed by atoms with Crippen molar-refractivity contribution in [3.8, 4) is 5.75 Å². The van der Waals surface area contributed by atoms with Gasteiger partial charge in [-0.2, -0.15) is 0 Å². The number of nitrogens with one attached hydrogen (secondary N) is 1. The number of ketones is 1. The standard InChI is InChI=1S/C17H18N2O5/c1-10(20)8-18-16(22)14-15(21)12-4-2-3-5-13(12)19(17(14)23)24-9-11-6-7-11/h2-5,11,21H,6-9H2,1H3,(H,18,22). The minimum Gasteiger partial charge on any atom is -0.506 e. The Labute approximate surface area is 137 Å². The molecular weight excluding hydrogens is 312 g/mol. The third-order valence-electron chi connectivity index (χ3n) is 3.87. The number of para-hydroxylation sites is 1. The summed E-state index contributed by atoms with van der Waals surface area (Å²) in [5.74, 6) is -1.06. The zero-order chi connectivity index (χ0) is 17.3. The highest BCUT2D eigenvalue weighted by molar-refractivity contribution is 6.03. The van der Waals surface area contributed by atoms with Gasteiger partial charge in [0.05, 0.1) is 12.1 Å². The predicted molar refractivity (Wildman–Crippen MR) is 87.1 cm³/mol. The highest BCUT2D eigenvalue weighted by atomic mass is 16.7. The lowest BCUT2D eigenvalue weighted by Crippen LogP contribution is -2.37. The van der Waals surface area contributed by atoms with E-state index in [9.17, 15) is 19.5 Å². The first-order valence-electron chi connectivity index (χ1n) is 7.76. The molecule has 1 fully saturated rings. The van der Waals surface area contributed by atoms with Crippen LogP contribution in [0.2, 0.25) is 0 Å². The molecule has 0 spiro atoms. The Morgan fingerprint density at radius 1 is 1.33 bits per heavy atom. The Morgan fingerprint density at radius 2 is 2.04 bits per heavy atom. The summed E-state index contributed by atoms with van der Waals surface area (Å²) in [6.45, 7) is 1.48. The summed E-state index contributed by atoms with van der Waals surface area (Å²) in [6.07, 6.45) is 2.10. The lowest BCUT2D eigenvalue weighted by molar-refractivity contribution is -0.116. The van der Waals surface area contributed by atoms with Gasteiger partial charge < -0.3 is 15.3 Å². The number of benzene rings is 1. The molecule has 7 heteroatoms. The predicted octanol–water partition coefficient (Wildman–Crippen LogP) is 0.865. The summed E-state index contributed by atoms with van der Waals surface area (Å²) >= 11 is 0. The number of aromatic hydroxyl groups is 1. The van der Waals surface area contributed by atoms with Gasteiger partial charge in [-0.25, -0.2) is 0 Å². The summed E-state index contributed by atoms with van der Waals surface area (Å²) in [6, 6.07) is 6.64. The quantitative estimate of drug-likeness (QED) is 0.819. The molecule has 3 rings (SSSR count). The molecule has 1 aliphatic carbocycles. The first-order valence-corrected chi connectivity index (χ1v) is 7.76. The molecule has 7 nitrogen and oxygen atoms in total. The summed E-state index contributed by atoms with van der Waals surface area (Å²) in [5, 5.41) is 13.0. The molecule has 24 heavy (non-hydrogen) atoms. The number of hydrogen-bond acceptors (Lipinski definition) is 5. The van der Waals surface area contributed by atoms with Crippen molar-refractivity contribution in [2.75, 3.05) is 13.2 Å². The van der Waals surface area contributed by atoms with Crippen LogP contribution in [0.1, 0.15) is 30.1 Å². The van der Waals surface area contributed by atoms with Crippen LogP contribution in [0.15, 0.2) is 29.1 Å². The Morgan fingerprint density at radius 3 is 2.71 bits per heavy atom. The van der Waals surface area contributed by atoms with E-state index < -0.39 is 22.8 Å².